The Labute approximate surface area is 213 Å². The number of hydrogen-bond acceptors (Lipinski definition) is 8. The Balaban J connectivity index is 1.26. The highest BCUT2D eigenvalue weighted by molar-refractivity contribution is 7.13. The van der Waals surface area contributed by atoms with Crippen LogP contribution in [-0.4, -0.2) is 65.5 Å². The van der Waals surface area contributed by atoms with Gasteiger partial charge in [-0.3, -0.25) is 4.90 Å². The largest absolute Gasteiger partial charge is 0.489 e. The van der Waals surface area contributed by atoms with Crippen LogP contribution in [0.3, 0.4) is 0 Å². The van der Waals surface area contributed by atoms with Gasteiger partial charge < -0.3 is 19.2 Å². The van der Waals surface area contributed by atoms with Crippen LogP contribution in [0.25, 0.3) is 32.7 Å². The molecular formula is C27H27N5O3S. The molecule has 0 aliphatic carbocycles. The van der Waals surface area contributed by atoms with Gasteiger partial charge in [0.1, 0.15) is 28.6 Å². The molecule has 5 heterocycles. The van der Waals surface area contributed by atoms with E-state index in [-0.39, 0.29) is 6.10 Å². The fourth-order valence-electron chi connectivity index (χ4n) is 4.72. The molecule has 0 amide bonds. The lowest BCUT2D eigenvalue weighted by atomic mass is 10.0. The molecule has 2 aliphatic heterocycles. The van der Waals surface area contributed by atoms with E-state index in [0.29, 0.717) is 24.5 Å². The van der Waals surface area contributed by atoms with Gasteiger partial charge in [0.05, 0.1) is 37.7 Å². The fourth-order valence-corrected chi connectivity index (χ4v) is 5.51. The van der Waals surface area contributed by atoms with Crippen LogP contribution in [-0.2, 0) is 16.0 Å². The van der Waals surface area contributed by atoms with E-state index in [0.717, 1.165) is 84.1 Å². The van der Waals surface area contributed by atoms with Gasteiger partial charge in [0.15, 0.2) is 0 Å². The highest BCUT2D eigenvalue weighted by atomic mass is 32.1. The molecule has 3 aromatic heterocycles. The second-order valence-corrected chi connectivity index (χ2v) is 9.97. The minimum Gasteiger partial charge on any atom is -0.489 e. The van der Waals surface area contributed by atoms with E-state index in [1.165, 1.54) is 0 Å². The maximum atomic E-state index is 9.80. The van der Waals surface area contributed by atoms with E-state index in [4.69, 9.17) is 19.2 Å². The molecule has 2 aliphatic rings. The first-order valence-electron chi connectivity index (χ1n) is 12.3. The van der Waals surface area contributed by atoms with Crippen LogP contribution in [0.15, 0.2) is 42.0 Å². The van der Waals surface area contributed by atoms with Gasteiger partial charge in [-0.1, -0.05) is 6.07 Å². The number of thiazole rings is 1. The second kappa shape index (κ2) is 10.4. The van der Waals surface area contributed by atoms with E-state index >= 15 is 0 Å². The first-order chi connectivity index (χ1) is 17.8. The minimum atomic E-state index is 0.0861. The zero-order valence-electron chi connectivity index (χ0n) is 19.9. The molecule has 36 heavy (non-hydrogen) atoms. The molecule has 0 saturated carbocycles. The predicted octanol–water partition coefficient (Wildman–Crippen LogP) is 4.62. The van der Waals surface area contributed by atoms with Crippen molar-refractivity contribution >= 4 is 22.4 Å². The lowest BCUT2D eigenvalue weighted by Gasteiger charge is -2.25. The van der Waals surface area contributed by atoms with Gasteiger partial charge in [-0.25, -0.2) is 9.97 Å². The Bertz CT molecular complexity index is 1400. The summed E-state index contributed by atoms with van der Waals surface area (Å²) in [7, 11) is 0. The van der Waals surface area contributed by atoms with E-state index in [1.807, 2.05) is 30.6 Å². The van der Waals surface area contributed by atoms with Gasteiger partial charge in [-0.15, -0.1) is 11.3 Å². The standard InChI is InChI=1S/C27H27N5O3S/c28-13-19-11-18(1-2-25(19)35-22-3-7-33-8-4-22)24-15-30-26-23(24)12-20(14-29-26)27-31-21(17-36-27)16-32-5-9-34-10-6-32/h1-2,11-12,14-15,17,22H,3-10,16H2,(H,29,30). The van der Waals surface area contributed by atoms with E-state index < -0.39 is 0 Å². The third-order valence-electron chi connectivity index (χ3n) is 6.69. The third-order valence-corrected chi connectivity index (χ3v) is 7.63. The molecule has 4 aromatic rings. The van der Waals surface area contributed by atoms with Crippen LogP contribution in [0.1, 0.15) is 24.1 Å². The topological polar surface area (TPSA) is 96.3 Å². The molecule has 1 aromatic carbocycles. The number of morpholine rings is 1. The first-order valence-corrected chi connectivity index (χ1v) is 13.2. The molecular weight excluding hydrogens is 474 g/mol. The summed E-state index contributed by atoms with van der Waals surface area (Å²) < 4.78 is 17.0. The Morgan fingerprint density at radius 1 is 1.11 bits per heavy atom. The Morgan fingerprint density at radius 2 is 1.94 bits per heavy atom. The van der Waals surface area contributed by atoms with Gasteiger partial charge in [-0.05, 0) is 23.8 Å². The van der Waals surface area contributed by atoms with E-state index in [1.54, 1.807) is 11.3 Å². The summed E-state index contributed by atoms with van der Waals surface area (Å²) in [5.74, 6) is 0.627. The van der Waals surface area contributed by atoms with Crippen LogP contribution in [0.2, 0.25) is 0 Å². The lowest BCUT2D eigenvalue weighted by molar-refractivity contribution is 0.0254. The number of aromatic amines is 1. The molecule has 0 bridgehead atoms. The van der Waals surface area contributed by atoms with Crippen LogP contribution in [0, 0.1) is 11.3 Å². The smallest absolute Gasteiger partial charge is 0.137 e. The third kappa shape index (κ3) is 4.86. The number of aromatic nitrogens is 3. The average Bonchev–Trinajstić information content (AvgIpc) is 3.57. The average molecular weight is 502 g/mol. The molecule has 0 spiro atoms. The number of fused-ring (bicyclic) bond motifs is 1. The molecule has 6 rings (SSSR count). The summed E-state index contributed by atoms with van der Waals surface area (Å²) in [6, 6.07) is 10.2. The first kappa shape index (κ1) is 23.1. The normalized spacial score (nSPS) is 17.3. The number of nitriles is 1. The molecule has 184 valence electrons. The van der Waals surface area contributed by atoms with Crippen molar-refractivity contribution in [3.63, 3.8) is 0 Å². The number of hydrogen-bond donors (Lipinski definition) is 1. The van der Waals surface area contributed by atoms with Crippen molar-refractivity contribution < 1.29 is 14.2 Å². The number of ether oxygens (including phenoxy) is 3. The van der Waals surface area contributed by atoms with Crippen molar-refractivity contribution in [1.29, 1.82) is 5.26 Å². The number of rotatable bonds is 6. The van der Waals surface area contributed by atoms with Gasteiger partial charge in [0.2, 0.25) is 0 Å². The fraction of sp³-hybridized carbons (Fsp3) is 0.370. The van der Waals surface area contributed by atoms with Gasteiger partial charge >= 0.3 is 0 Å². The monoisotopic (exact) mass is 501 g/mol. The zero-order valence-corrected chi connectivity index (χ0v) is 20.7. The minimum absolute atomic E-state index is 0.0861. The Morgan fingerprint density at radius 3 is 2.78 bits per heavy atom. The van der Waals surface area contributed by atoms with Crippen molar-refractivity contribution in [3.8, 4) is 33.5 Å². The summed E-state index contributed by atoms with van der Waals surface area (Å²) in [5.41, 5.74) is 5.35. The molecule has 0 unspecified atom stereocenters. The quantitative estimate of drug-likeness (QED) is 0.412. The summed E-state index contributed by atoms with van der Waals surface area (Å²) in [4.78, 5) is 15.2. The Kier molecular flexibility index (Phi) is 6.66. The number of nitrogens with zero attached hydrogens (tertiary/aromatic N) is 4. The second-order valence-electron chi connectivity index (χ2n) is 9.11. The molecule has 8 nitrogen and oxygen atoms in total. The SMILES string of the molecule is N#Cc1cc(-c2c[nH]c3ncc(-c4nc(CN5CCOCC5)cs4)cc23)ccc1OC1CCOCC1. The lowest BCUT2D eigenvalue weighted by Crippen LogP contribution is -2.35. The van der Waals surface area contributed by atoms with E-state index in [2.05, 4.69) is 32.4 Å². The van der Waals surface area contributed by atoms with Gasteiger partial charge in [0, 0.05) is 66.8 Å². The van der Waals surface area contributed by atoms with Gasteiger partial charge in [0.25, 0.3) is 0 Å². The number of benzene rings is 1. The Hall–Kier alpha value is -3.29. The number of H-pyrrole nitrogens is 1. The molecule has 1 N–H and O–H groups in total. The molecule has 9 heteroatoms. The molecule has 0 radical (unpaired) electrons. The molecule has 2 fully saturated rings. The molecule has 0 atom stereocenters. The van der Waals surface area contributed by atoms with Crippen molar-refractivity contribution in [2.24, 2.45) is 0 Å². The van der Waals surface area contributed by atoms with Crippen LogP contribution < -0.4 is 4.74 Å². The van der Waals surface area contributed by atoms with Gasteiger partial charge in [-0.2, -0.15) is 5.26 Å². The maximum Gasteiger partial charge on any atom is 0.137 e. The predicted molar refractivity (Wildman–Crippen MR) is 138 cm³/mol. The maximum absolute atomic E-state index is 9.80. The number of pyridine rings is 1. The van der Waals surface area contributed by atoms with E-state index in [9.17, 15) is 5.26 Å². The van der Waals surface area contributed by atoms with Crippen LogP contribution in [0.4, 0.5) is 0 Å². The summed E-state index contributed by atoms with van der Waals surface area (Å²) in [5, 5.41) is 13.9. The highest BCUT2D eigenvalue weighted by Gasteiger charge is 2.19. The molecule has 2 saturated heterocycles. The van der Waals surface area contributed by atoms with Crippen molar-refractivity contribution in [3.05, 3.63) is 53.3 Å². The zero-order chi connectivity index (χ0) is 24.3. The van der Waals surface area contributed by atoms with Crippen molar-refractivity contribution in [2.75, 3.05) is 39.5 Å². The summed E-state index contributed by atoms with van der Waals surface area (Å²) >= 11 is 1.64. The summed E-state index contributed by atoms with van der Waals surface area (Å²) in [6.07, 6.45) is 5.58. The van der Waals surface area contributed by atoms with Crippen molar-refractivity contribution in [2.45, 2.75) is 25.5 Å². The van der Waals surface area contributed by atoms with Crippen LogP contribution >= 0.6 is 11.3 Å². The highest BCUT2D eigenvalue weighted by Crippen LogP contribution is 2.34. The van der Waals surface area contributed by atoms with Crippen LogP contribution in [0.5, 0.6) is 5.75 Å². The summed E-state index contributed by atoms with van der Waals surface area (Å²) in [6.45, 7) is 5.68. The van der Waals surface area contributed by atoms with Crippen molar-refractivity contribution in [1.82, 2.24) is 19.9 Å². The number of nitrogens with one attached hydrogen (secondary N) is 1.